The summed E-state index contributed by atoms with van der Waals surface area (Å²) in [6.07, 6.45) is 0. The standard InChI is InChI=1S/C18H13N3O2/c22-18(16-10-9-12-5-1-2-6-13(12)19-16)23-11-17-20-14-7-3-4-8-15(14)21-17/h1-10H,11H2,(H,20,21). The van der Waals surface area contributed by atoms with Crippen LogP contribution in [0.4, 0.5) is 0 Å². The van der Waals surface area contributed by atoms with Gasteiger partial charge in [0.15, 0.2) is 0 Å². The minimum atomic E-state index is -0.462. The SMILES string of the molecule is O=C(OCc1nc2ccccc2[nH]1)c1ccc2ccccc2n1. The van der Waals surface area contributed by atoms with Crippen molar-refractivity contribution in [1.29, 1.82) is 0 Å². The van der Waals surface area contributed by atoms with Gasteiger partial charge in [-0.05, 0) is 24.3 Å². The molecule has 0 bridgehead atoms. The Hall–Kier alpha value is -3.21. The Morgan fingerprint density at radius 3 is 2.57 bits per heavy atom. The molecule has 0 aliphatic rings. The Morgan fingerprint density at radius 2 is 1.70 bits per heavy atom. The van der Waals surface area contributed by atoms with Gasteiger partial charge in [0.1, 0.15) is 18.1 Å². The molecule has 0 aliphatic carbocycles. The number of carbonyl (C=O) groups is 1. The number of fused-ring (bicyclic) bond motifs is 2. The van der Waals surface area contributed by atoms with Gasteiger partial charge < -0.3 is 9.72 Å². The molecule has 0 fully saturated rings. The van der Waals surface area contributed by atoms with Crippen LogP contribution in [0.25, 0.3) is 21.9 Å². The van der Waals surface area contributed by atoms with Crippen molar-refractivity contribution in [3.8, 4) is 0 Å². The first-order valence-corrected chi connectivity index (χ1v) is 7.26. The number of rotatable bonds is 3. The second-order valence-corrected chi connectivity index (χ2v) is 5.17. The van der Waals surface area contributed by atoms with Gasteiger partial charge in [0.25, 0.3) is 0 Å². The van der Waals surface area contributed by atoms with Crippen LogP contribution in [0, 0.1) is 0 Å². The second-order valence-electron chi connectivity index (χ2n) is 5.17. The van der Waals surface area contributed by atoms with E-state index in [0.29, 0.717) is 11.5 Å². The zero-order valence-electron chi connectivity index (χ0n) is 12.2. The molecule has 0 aliphatic heterocycles. The second kappa shape index (κ2) is 5.53. The smallest absolute Gasteiger partial charge is 0.357 e. The first-order valence-electron chi connectivity index (χ1n) is 7.26. The van der Waals surface area contributed by atoms with E-state index in [9.17, 15) is 4.79 Å². The maximum Gasteiger partial charge on any atom is 0.357 e. The molecule has 0 unspecified atom stereocenters. The van der Waals surface area contributed by atoms with Gasteiger partial charge in [-0.25, -0.2) is 14.8 Å². The summed E-state index contributed by atoms with van der Waals surface area (Å²) >= 11 is 0. The van der Waals surface area contributed by atoms with Crippen molar-refractivity contribution >= 4 is 27.9 Å². The summed E-state index contributed by atoms with van der Waals surface area (Å²) in [5.41, 5.74) is 2.83. The molecule has 5 heteroatoms. The lowest BCUT2D eigenvalue weighted by Crippen LogP contribution is -2.08. The number of nitrogens with one attached hydrogen (secondary N) is 1. The highest BCUT2D eigenvalue weighted by Gasteiger charge is 2.11. The van der Waals surface area contributed by atoms with Crippen LogP contribution in [0.15, 0.2) is 60.7 Å². The van der Waals surface area contributed by atoms with E-state index >= 15 is 0 Å². The van der Waals surface area contributed by atoms with E-state index < -0.39 is 5.97 Å². The molecule has 2 aromatic carbocycles. The minimum absolute atomic E-state index is 0.0853. The molecule has 4 rings (SSSR count). The quantitative estimate of drug-likeness (QED) is 0.588. The molecule has 5 nitrogen and oxygen atoms in total. The molecular weight excluding hydrogens is 290 g/mol. The molecule has 2 heterocycles. The summed E-state index contributed by atoms with van der Waals surface area (Å²) in [6, 6.07) is 18.8. The average molecular weight is 303 g/mol. The van der Waals surface area contributed by atoms with Crippen LogP contribution in [0.5, 0.6) is 0 Å². The molecule has 0 saturated carbocycles. The molecule has 0 amide bonds. The Labute approximate surface area is 132 Å². The third-order valence-electron chi connectivity index (χ3n) is 3.59. The first kappa shape index (κ1) is 13.5. The van der Waals surface area contributed by atoms with Gasteiger partial charge >= 0.3 is 5.97 Å². The summed E-state index contributed by atoms with van der Waals surface area (Å²) in [7, 11) is 0. The lowest BCUT2D eigenvalue weighted by atomic mass is 10.2. The summed E-state index contributed by atoms with van der Waals surface area (Å²) in [5.74, 6) is 0.150. The number of nitrogens with zero attached hydrogens (tertiary/aromatic N) is 2. The highest BCUT2D eigenvalue weighted by Crippen LogP contribution is 2.14. The molecule has 0 saturated heterocycles. The van der Waals surface area contributed by atoms with Gasteiger partial charge in [-0.15, -0.1) is 0 Å². The molecular formula is C18H13N3O2. The Balaban J connectivity index is 1.52. The summed E-state index contributed by atoms with van der Waals surface area (Å²) < 4.78 is 5.30. The third kappa shape index (κ3) is 2.64. The topological polar surface area (TPSA) is 67.9 Å². The van der Waals surface area contributed by atoms with Crippen molar-refractivity contribution < 1.29 is 9.53 Å². The molecule has 4 aromatic rings. The van der Waals surface area contributed by atoms with E-state index in [0.717, 1.165) is 21.9 Å². The number of carbonyl (C=O) groups excluding carboxylic acids is 1. The lowest BCUT2D eigenvalue weighted by Gasteiger charge is -2.03. The molecule has 23 heavy (non-hydrogen) atoms. The predicted octanol–water partition coefficient (Wildman–Crippen LogP) is 3.47. The van der Waals surface area contributed by atoms with E-state index in [4.69, 9.17) is 4.74 Å². The fraction of sp³-hybridized carbons (Fsp3) is 0.0556. The van der Waals surface area contributed by atoms with E-state index in [1.807, 2.05) is 54.6 Å². The zero-order valence-corrected chi connectivity index (χ0v) is 12.2. The monoisotopic (exact) mass is 303 g/mol. The van der Waals surface area contributed by atoms with E-state index in [1.54, 1.807) is 6.07 Å². The van der Waals surface area contributed by atoms with Crippen molar-refractivity contribution in [2.24, 2.45) is 0 Å². The van der Waals surface area contributed by atoms with Crippen molar-refractivity contribution in [1.82, 2.24) is 15.0 Å². The van der Waals surface area contributed by atoms with Crippen LogP contribution >= 0.6 is 0 Å². The Bertz CT molecular complexity index is 974. The average Bonchev–Trinajstić information content (AvgIpc) is 3.02. The van der Waals surface area contributed by atoms with E-state index in [2.05, 4.69) is 15.0 Å². The van der Waals surface area contributed by atoms with E-state index in [-0.39, 0.29) is 6.61 Å². The number of aromatic amines is 1. The maximum atomic E-state index is 12.2. The third-order valence-corrected chi connectivity index (χ3v) is 3.59. The van der Waals surface area contributed by atoms with Crippen LogP contribution in [0.3, 0.4) is 0 Å². The number of ether oxygens (including phenoxy) is 1. The number of hydrogen-bond acceptors (Lipinski definition) is 4. The van der Waals surface area contributed by atoms with Gasteiger partial charge in [-0.2, -0.15) is 0 Å². The van der Waals surface area contributed by atoms with Crippen LogP contribution in [0.2, 0.25) is 0 Å². The number of H-pyrrole nitrogens is 1. The number of esters is 1. The summed E-state index contributed by atoms with van der Waals surface area (Å²) in [4.78, 5) is 24.0. The molecule has 0 radical (unpaired) electrons. The van der Waals surface area contributed by atoms with Crippen molar-refractivity contribution in [2.75, 3.05) is 0 Å². The fourth-order valence-electron chi connectivity index (χ4n) is 2.46. The zero-order chi connectivity index (χ0) is 15.6. The van der Waals surface area contributed by atoms with Crippen molar-refractivity contribution in [3.05, 3.63) is 72.2 Å². The molecule has 1 N–H and O–H groups in total. The highest BCUT2D eigenvalue weighted by molar-refractivity contribution is 5.91. The Kier molecular flexibility index (Phi) is 3.24. The molecule has 2 aromatic heterocycles. The Morgan fingerprint density at radius 1 is 0.913 bits per heavy atom. The number of pyridine rings is 1. The van der Waals surface area contributed by atoms with Gasteiger partial charge in [0, 0.05) is 5.39 Å². The van der Waals surface area contributed by atoms with Crippen LogP contribution < -0.4 is 0 Å². The number of hydrogen-bond donors (Lipinski definition) is 1. The van der Waals surface area contributed by atoms with Crippen molar-refractivity contribution in [3.63, 3.8) is 0 Å². The normalized spacial score (nSPS) is 11.0. The van der Waals surface area contributed by atoms with Crippen molar-refractivity contribution in [2.45, 2.75) is 6.61 Å². The molecule has 0 atom stereocenters. The number of imidazole rings is 1. The van der Waals surface area contributed by atoms with Gasteiger partial charge in [0.2, 0.25) is 0 Å². The highest BCUT2D eigenvalue weighted by atomic mass is 16.5. The predicted molar refractivity (Wildman–Crippen MR) is 87.0 cm³/mol. The summed E-state index contributed by atoms with van der Waals surface area (Å²) in [5, 5.41) is 0.987. The van der Waals surface area contributed by atoms with Crippen LogP contribution in [0.1, 0.15) is 16.3 Å². The van der Waals surface area contributed by atoms with Gasteiger partial charge in [0.05, 0.1) is 16.6 Å². The van der Waals surface area contributed by atoms with Crippen LogP contribution in [-0.4, -0.2) is 20.9 Å². The molecule has 0 spiro atoms. The molecule has 112 valence electrons. The fourth-order valence-corrected chi connectivity index (χ4v) is 2.46. The van der Waals surface area contributed by atoms with Gasteiger partial charge in [-0.3, -0.25) is 0 Å². The first-order chi connectivity index (χ1) is 11.3. The van der Waals surface area contributed by atoms with Gasteiger partial charge in [-0.1, -0.05) is 36.4 Å². The minimum Gasteiger partial charge on any atom is -0.453 e. The van der Waals surface area contributed by atoms with E-state index in [1.165, 1.54) is 0 Å². The largest absolute Gasteiger partial charge is 0.453 e. The van der Waals surface area contributed by atoms with Crippen LogP contribution in [-0.2, 0) is 11.3 Å². The number of aromatic nitrogens is 3. The maximum absolute atomic E-state index is 12.2. The number of para-hydroxylation sites is 3. The summed E-state index contributed by atoms with van der Waals surface area (Å²) in [6.45, 7) is 0.0853. The number of benzene rings is 2. The lowest BCUT2D eigenvalue weighted by molar-refractivity contribution is 0.0457.